The predicted octanol–water partition coefficient (Wildman–Crippen LogP) is 1.96. The number of benzene rings is 2. The summed E-state index contributed by atoms with van der Waals surface area (Å²) in [5.74, 6) is -0.0565. The smallest absolute Gasteiger partial charge is 0.338 e. The predicted molar refractivity (Wildman–Crippen MR) is 84.5 cm³/mol. The zero-order valence-corrected chi connectivity index (χ0v) is 12.7. The van der Waals surface area contributed by atoms with E-state index in [2.05, 4.69) is 5.32 Å². The molecule has 0 aliphatic carbocycles. The molecule has 1 heterocycles. The third-order valence-corrected chi connectivity index (χ3v) is 3.24. The Hall–Kier alpha value is -3.22. The highest BCUT2D eigenvalue weighted by atomic mass is 16.6. The first-order valence-electron chi connectivity index (χ1n) is 7.27. The first kappa shape index (κ1) is 15.7. The first-order valence-corrected chi connectivity index (χ1v) is 7.27. The molecule has 0 atom stereocenters. The normalized spacial score (nSPS) is 12.3. The Labute approximate surface area is 137 Å². The average molecular weight is 329 g/mol. The molecule has 0 fully saturated rings. The van der Waals surface area contributed by atoms with Gasteiger partial charge in [0.1, 0.15) is 19.0 Å². The molecule has 7 nitrogen and oxygen atoms in total. The maximum atomic E-state index is 11.9. The van der Waals surface area contributed by atoms with Crippen molar-refractivity contribution in [2.45, 2.75) is 0 Å². The molecule has 2 aromatic rings. The molecule has 0 saturated heterocycles. The van der Waals surface area contributed by atoms with Crippen LogP contribution in [0.25, 0.3) is 0 Å². The fourth-order valence-corrected chi connectivity index (χ4v) is 2.17. The molecule has 0 bridgehead atoms. The zero-order valence-electron chi connectivity index (χ0n) is 12.7. The van der Waals surface area contributed by atoms with Gasteiger partial charge in [-0.25, -0.2) is 4.79 Å². The van der Waals surface area contributed by atoms with Crippen molar-refractivity contribution in [1.82, 2.24) is 0 Å². The fraction of sp³-hybridized carbons (Fsp3) is 0.176. The van der Waals surface area contributed by atoms with Crippen molar-refractivity contribution in [3.8, 4) is 17.2 Å². The lowest BCUT2D eigenvalue weighted by atomic mass is 10.2. The fourth-order valence-electron chi connectivity index (χ4n) is 2.17. The number of phenolic OH excluding ortho intramolecular Hbond substituents is 1. The molecule has 0 aromatic heterocycles. The van der Waals surface area contributed by atoms with Gasteiger partial charge in [0.15, 0.2) is 18.1 Å². The van der Waals surface area contributed by atoms with E-state index in [9.17, 15) is 14.7 Å². The number of nitrogens with one attached hydrogen (secondary N) is 1. The van der Waals surface area contributed by atoms with Gasteiger partial charge in [0.2, 0.25) is 0 Å². The van der Waals surface area contributed by atoms with Crippen LogP contribution in [-0.2, 0) is 9.53 Å². The summed E-state index contributed by atoms with van der Waals surface area (Å²) in [4.78, 5) is 23.7. The molecule has 1 aliphatic rings. The van der Waals surface area contributed by atoms with E-state index in [1.54, 1.807) is 18.2 Å². The molecule has 0 spiro atoms. The number of anilines is 1. The molecule has 2 aromatic carbocycles. The number of hydrogen-bond donors (Lipinski definition) is 2. The van der Waals surface area contributed by atoms with Crippen LogP contribution >= 0.6 is 0 Å². The second-order valence-electron chi connectivity index (χ2n) is 5.03. The third kappa shape index (κ3) is 3.75. The van der Waals surface area contributed by atoms with Crippen molar-refractivity contribution in [2.75, 3.05) is 25.1 Å². The monoisotopic (exact) mass is 329 g/mol. The maximum absolute atomic E-state index is 11.9. The summed E-state index contributed by atoms with van der Waals surface area (Å²) < 4.78 is 15.7. The summed E-state index contributed by atoms with van der Waals surface area (Å²) in [6, 6.07) is 10.7. The van der Waals surface area contributed by atoms with Gasteiger partial charge in [-0.1, -0.05) is 6.07 Å². The van der Waals surface area contributed by atoms with Crippen LogP contribution in [0.3, 0.4) is 0 Å². The summed E-state index contributed by atoms with van der Waals surface area (Å²) in [7, 11) is 0. The molecular weight excluding hydrogens is 314 g/mol. The highest BCUT2D eigenvalue weighted by Crippen LogP contribution is 2.32. The first-order chi connectivity index (χ1) is 11.6. The van der Waals surface area contributed by atoms with Crippen LogP contribution in [-0.4, -0.2) is 36.8 Å². The van der Waals surface area contributed by atoms with Crippen molar-refractivity contribution >= 4 is 17.6 Å². The van der Waals surface area contributed by atoms with Gasteiger partial charge in [-0.15, -0.1) is 0 Å². The number of ether oxygens (including phenoxy) is 3. The van der Waals surface area contributed by atoms with Gasteiger partial charge in [-0.2, -0.15) is 0 Å². The van der Waals surface area contributed by atoms with Crippen LogP contribution in [0.1, 0.15) is 10.4 Å². The molecule has 1 amide bonds. The van der Waals surface area contributed by atoms with Gasteiger partial charge < -0.3 is 24.6 Å². The molecule has 124 valence electrons. The molecular formula is C17H15NO6. The van der Waals surface area contributed by atoms with Gasteiger partial charge in [-0.3, -0.25) is 4.79 Å². The van der Waals surface area contributed by atoms with Crippen LogP contribution in [0.15, 0.2) is 42.5 Å². The number of rotatable bonds is 4. The molecule has 3 rings (SSSR count). The summed E-state index contributed by atoms with van der Waals surface area (Å²) >= 11 is 0. The number of esters is 1. The standard InChI is InChI=1S/C17H15NO6/c19-13-3-1-2-11(8-13)17(21)24-10-16(20)18-12-4-5-14-15(9-12)23-7-6-22-14/h1-5,8-9,19H,6-7,10H2,(H,18,20). The molecule has 0 saturated carbocycles. The van der Waals surface area contributed by atoms with Crippen molar-refractivity contribution in [2.24, 2.45) is 0 Å². The van der Waals surface area contributed by atoms with E-state index in [1.807, 2.05) is 0 Å². The third-order valence-electron chi connectivity index (χ3n) is 3.24. The molecule has 0 radical (unpaired) electrons. The summed E-state index contributed by atoms with van der Waals surface area (Å²) in [5.41, 5.74) is 0.680. The van der Waals surface area contributed by atoms with Gasteiger partial charge in [0.25, 0.3) is 5.91 Å². The Balaban J connectivity index is 1.55. The second kappa shape index (κ2) is 6.91. The quantitative estimate of drug-likeness (QED) is 0.833. The van der Waals surface area contributed by atoms with E-state index >= 15 is 0 Å². The Morgan fingerprint density at radius 3 is 2.67 bits per heavy atom. The van der Waals surface area contributed by atoms with Crippen molar-refractivity contribution < 1.29 is 28.9 Å². The highest BCUT2D eigenvalue weighted by molar-refractivity contribution is 5.95. The van der Waals surface area contributed by atoms with Crippen LogP contribution in [0.4, 0.5) is 5.69 Å². The number of aromatic hydroxyl groups is 1. The SMILES string of the molecule is O=C(COC(=O)c1cccc(O)c1)Nc1ccc2c(c1)OCCO2. The van der Waals surface area contributed by atoms with Crippen molar-refractivity contribution in [3.63, 3.8) is 0 Å². The lowest BCUT2D eigenvalue weighted by Crippen LogP contribution is -2.21. The second-order valence-corrected chi connectivity index (χ2v) is 5.03. The molecule has 2 N–H and O–H groups in total. The van der Waals surface area contributed by atoms with Gasteiger partial charge in [0, 0.05) is 11.8 Å². The highest BCUT2D eigenvalue weighted by Gasteiger charge is 2.14. The Morgan fingerprint density at radius 2 is 1.88 bits per heavy atom. The van der Waals surface area contributed by atoms with Gasteiger partial charge in [0.05, 0.1) is 5.56 Å². The van der Waals surface area contributed by atoms with Crippen molar-refractivity contribution in [1.29, 1.82) is 0 Å². The largest absolute Gasteiger partial charge is 0.508 e. The molecule has 0 unspecified atom stereocenters. The summed E-state index contributed by atoms with van der Waals surface area (Å²) in [5, 5.41) is 11.9. The average Bonchev–Trinajstić information content (AvgIpc) is 2.59. The zero-order chi connectivity index (χ0) is 16.9. The van der Waals surface area contributed by atoms with E-state index in [0.29, 0.717) is 30.4 Å². The number of fused-ring (bicyclic) bond motifs is 1. The van der Waals surface area contributed by atoms with Crippen molar-refractivity contribution in [3.05, 3.63) is 48.0 Å². The van der Waals surface area contributed by atoms with Crippen LogP contribution in [0.2, 0.25) is 0 Å². The number of carbonyl (C=O) groups is 2. The Bertz CT molecular complexity index is 773. The van der Waals surface area contributed by atoms with E-state index in [4.69, 9.17) is 14.2 Å². The van der Waals surface area contributed by atoms with E-state index in [1.165, 1.54) is 24.3 Å². The van der Waals surface area contributed by atoms with Gasteiger partial charge >= 0.3 is 5.97 Å². The van der Waals surface area contributed by atoms with Crippen LogP contribution in [0, 0.1) is 0 Å². The minimum atomic E-state index is -0.691. The lowest BCUT2D eigenvalue weighted by molar-refractivity contribution is -0.119. The Kier molecular flexibility index (Phi) is 4.51. The van der Waals surface area contributed by atoms with E-state index < -0.39 is 18.5 Å². The van der Waals surface area contributed by atoms with Crippen LogP contribution in [0.5, 0.6) is 17.2 Å². The summed E-state index contributed by atoms with van der Waals surface area (Å²) in [6.45, 7) is 0.499. The topological polar surface area (TPSA) is 94.1 Å². The minimum absolute atomic E-state index is 0.0508. The number of phenols is 1. The van der Waals surface area contributed by atoms with Gasteiger partial charge in [-0.05, 0) is 30.3 Å². The Morgan fingerprint density at radius 1 is 1.08 bits per heavy atom. The van der Waals surface area contributed by atoms with E-state index in [0.717, 1.165) is 0 Å². The van der Waals surface area contributed by atoms with Crippen LogP contribution < -0.4 is 14.8 Å². The lowest BCUT2D eigenvalue weighted by Gasteiger charge is -2.19. The molecule has 1 aliphatic heterocycles. The number of hydrogen-bond acceptors (Lipinski definition) is 6. The molecule has 7 heteroatoms. The number of carbonyl (C=O) groups excluding carboxylic acids is 2. The molecule has 24 heavy (non-hydrogen) atoms. The number of amides is 1. The minimum Gasteiger partial charge on any atom is -0.508 e. The van der Waals surface area contributed by atoms with E-state index in [-0.39, 0.29) is 11.3 Å². The summed E-state index contributed by atoms with van der Waals surface area (Å²) in [6.07, 6.45) is 0. The maximum Gasteiger partial charge on any atom is 0.338 e.